The van der Waals surface area contributed by atoms with Crippen molar-refractivity contribution in [2.45, 2.75) is 33.2 Å². The number of nitrogens with zero attached hydrogens (tertiary/aromatic N) is 3. The molecule has 25 heavy (non-hydrogen) atoms. The molecule has 2 heterocycles. The predicted molar refractivity (Wildman–Crippen MR) is 95.8 cm³/mol. The van der Waals surface area contributed by atoms with Crippen molar-refractivity contribution in [3.8, 4) is 0 Å². The highest BCUT2D eigenvalue weighted by atomic mass is 19.2. The average Bonchev–Trinajstić information content (AvgIpc) is 3.13. The Morgan fingerprint density at radius 3 is 2.68 bits per heavy atom. The Bertz CT molecular complexity index is 756. The van der Waals surface area contributed by atoms with E-state index in [0.29, 0.717) is 5.92 Å². The highest BCUT2D eigenvalue weighted by Gasteiger charge is 2.24. The Hall–Kier alpha value is -1.95. The van der Waals surface area contributed by atoms with Gasteiger partial charge in [0.25, 0.3) is 0 Å². The highest BCUT2D eigenvalue weighted by Crippen LogP contribution is 2.26. The van der Waals surface area contributed by atoms with E-state index < -0.39 is 11.6 Å². The summed E-state index contributed by atoms with van der Waals surface area (Å²) in [7, 11) is 1.97. The van der Waals surface area contributed by atoms with Gasteiger partial charge in [0.15, 0.2) is 11.6 Å². The largest absolute Gasteiger partial charge is 0.371 e. The maximum atomic E-state index is 13.4. The van der Waals surface area contributed by atoms with Crippen molar-refractivity contribution >= 4 is 5.69 Å². The van der Waals surface area contributed by atoms with Crippen LogP contribution in [0.5, 0.6) is 0 Å². The minimum Gasteiger partial charge on any atom is -0.371 e. The summed E-state index contributed by atoms with van der Waals surface area (Å²) in [6.45, 7) is 8.93. The Morgan fingerprint density at radius 1 is 1.28 bits per heavy atom. The maximum absolute atomic E-state index is 13.4. The fourth-order valence-corrected chi connectivity index (χ4v) is 3.78. The summed E-state index contributed by atoms with van der Waals surface area (Å²) in [5.74, 6) is -1.08. The van der Waals surface area contributed by atoms with Crippen LogP contribution in [0.25, 0.3) is 0 Å². The van der Waals surface area contributed by atoms with Crippen molar-refractivity contribution in [1.29, 1.82) is 0 Å². The molecule has 0 unspecified atom stereocenters. The quantitative estimate of drug-likeness (QED) is 0.898. The predicted octanol–water partition coefficient (Wildman–Crippen LogP) is 3.49. The van der Waals surface area contributed by atoms with Crippen LogP contribution in [0.2, 0.25) is 0 Å². The monoisotopic (exact) mass is 348 g/mol. The van der Waals surface area contributed by atoms with E-state index >= 15 is 0 Å². The molecule has 2 atom stereocenters. The third-order valence-corrected chi connectivity index (χ3v) is 5.26. The van der Waals surface area contributed by atoms with Crippen LogP contribution < -0.4 is 10.2 Å². The van der Waals surface area contributed by atoms with Gasteiger partial charge in [0.1, 0.15) is 0 Å². The Labute approximate surface area is 147 Å². The highest BCUT2D eigenvalue weighted by molar-refractivity contribution is 5.47. The summed E-state index contributed by atoms with van der Waals surface area (Å²) in [5, 5.41) is 8.10. The number of aromatic nitrogens is 2. The zero-order valence-corrected chi connectivity index (χ0v) is 15.3. The van der Waals surface area contributed by atoms with Crippen molar-refractivity contribution in [2.24, 2.45) is 13.0 Å². The molecule has 0 bridgehead atoms. The lowest BCUT2D eigenvalue weighted by atomic mass is 10.0. The van der Waals surface area contributed by atoms with Gasteiger partial charge < -0.3 is 10.2 Å². The van der Waals surface area contributed by atoms with Crippen LogP contribution in [-0.4, -0.2) is 29.4 Å². The van der Waals surface area contributed by atoms with Gasteiger partial charge in [-0.3, -0.25) is 4.68 Å². The Balaban J connectivity index is 1.57. The minimum absolute atomic E-state index is 0.242. The van der Waals surface area contributed by atoms with Crippen LogP contribution in [0.4, 0.5) is 14.5 Å². The van der Waals surface area contributed by atoms with Gasteiger partial charge in [-0.1, -0.05) is 0 Å². The number of anilines is 1. The summed E-state index contributed by atoms with van der Waals surface area (Å²) in [4.78, 5) is 2.13. The van der Waals surface area contributed by atoms with Crippen molar-refractivity contribution in [2.75, 3.05) is 24.5 Å². The second-order valence-electron chi connectivity index (χ2n) is 7.04. The van der Waals surface area contributed by atoms with Gasteiger partial charge in [-0.2, -0.15) is 5.10 Å². The van der Waals surface area contributed by atoms with Crippen molar-refractivity contribution in [3.05, 3.63) is 46.8 Å². The van der Waals surface area contributed by atoms with Gasteiger partial charge in [-0.25, -0.2) is 8.78 Å². The maximum Gasteiger partial charge on any atom is 0.160 e. The third-order valence-electron chi connectivity index (χ3n) is 5.26. The third kappa shape index (κ3) is 3.68. The zero-order chi connectivity index (χ0) is 18.1. The molecule has 0 spiro atoms. The molecule has 1 aliphatic heterocycles. The van der Waals surface area contributed by atoms with Crippen molar-refractivity contribution < 1.29 is 8.78 Å². The molecule has 1 saturated heterocycles. The van der Waals surface area contributed by atoms with E-state index in [0.717, 1.165) is 37.4 Å². The number of benzene rings is 1. The molecule has 0 aliphatic carbocycles. The van der Waals surface area contributed by atoms with Crippen molar-refractivity contribution in [3.63, 3.8) is 0 Å². The molecular formula is C19H26F2N4. The van der Waals surface area contributed by atoms with Gasteiger partial charge in [0.05, 0.1) is 5.69 Å². The van der Waals surface area contributed by atoms with E-state index in [1.807, 2.05) is 18.7 Å². The standard InChI is InChI=1S/C19H26F2N4/c1-12(19-13(2)23-24(4)14(19)3)22-10-15-7-8-25(11-15)16-5-6-17(20)18(21)9-16/h5-6,9,12,15,22H,7-8,10-11H2,1-4H3/t12-,15+/m1/s1. The first kappa shape index (κ1) is 17.9. The number of hydrogen-bond donors (Lipinski definition) is 1. The summed E-state index contributed by atoms with van der Waals surface area (Å²) in [6, 6.07) is 4.38. The van der Waals surface area contributed by atoms with Gasteiger partial charge in [0, 0.05) is 55.7 Å². The van der Waals surface area contributed by atoms with Gasteiger partial charge >= 0.3 is 0 Å². The smallest absolute Gasteiger partial charge is 0.160 e. The average molecular weight is 348 g/mol. The van der Waals surface area contributed by atoms with E-state index in [1.54, 1.807) is 6.07 Å². The molecule has 0 amide bonds. The van der Waals surface area contributed by atoms with E-state index in [-0.39, 0.29) is 6.04 Å². The molecule has 1 aliphatic rings. The van der Waals surface area contributed by atoms with Crippen molar-refractivity contribution in [1.82, 2.24) is 15.1 Å². The lowest BCUT2D eigenvalue weighted by Crippen LogP contribution is -2.28. The number of rotatable bonds is 5. The van der Waals surface area contributed by atoms with Crippen LogP contribution in [0, 0.1) is 31.4 Å². The second-order valence-corrected chi connectivity index (χ2v) is 7.04. The van der Waals surface area contributed by atoms with Crippen LogP contribution in [0.3, 0.4) is 0 Å². The number of aryl methyl sites for hydroxylation is 2. The van der Waals surface area contributed by atoms with Crippen LogP contribution in [0.1, 0.15) is 36.3 Å². The summed E-state index contributed by atoms with van der Waals surface area (Å²) in [5.41, 5.74) is 4.27. The first-order valence-corrected chi connectivity index (χ1v) is 8.80. The molecule has 3 rings (SSSR count). The van der Waals surface area contributed by atoms with E-state index in [2.05, 4.69) is 29.2 Å². The molecule has 2 aromatic rings. The summed E-state index contributed by atoms with van der Waals surface area (Å²) >= 11 is 0. The number of nitrogens with one attached hydrogen (secondary N) is 1. The summed E-state index contributed by atoms with van der Waals surface area (Å²) in [6.07, 6.45) is 1.05. The molecular weight excluding hydrogens is 322 g/mol. The molecule has 1 aromatic heterocycles. The van der Waals surface area contributed by atoms with Gasteiger partial charge in [-0.05, 0) is 45.2 Å². The molecule has 1 fully saturated rings. The Morgan fingerprint density at radius 2 is 2.04 bits per heavy atom. The first-order valence-electron chi connectivity index (χ1n) is 8.80. The molecule has 1 aromatic carbocycles. The first-order chi connectivity index (χ1) is 11.9. The SMILES string of the molecule is Cc1nn(C)c(C)c1[C@@H](C)NC[C@@H]1CCN(c2ccc(F)c(F)c2)C1. The minimum atomic E-state index is -0.794. The van der Waals surface area contributed by atoms with E-state index in [9.17, 15) is 8.78 Å². The second kappa shape index (κ2) is 7.12. The molecule has 1 N–H and O–H groups in total. The van der Waals surface area contributed by atoms with Crippen LogP contribution in [-0.2, 0) is 7.05 Å². The van der Waals surface area contributed by atoms with Crippen LogP contribution in [0.15, 0.2) is 18.2 Å². The van der Waals surface area contributed by atoms with Crippen LogP contribution >= 0.6 is 0 Å². The van der Waals surface area contributed by atoms with Gasteiger partial charge in [0.2, 0.25) is 0 Å². The zero-order valence-electron chi connectivity index (χ0n) is 15.3. The molecule has 4 nitrogen and oxygen atoms in total. The number of hydrogen-bond acceptors (Lipinski definition) is 3. The lowest BCUT2D eigenvalue weighted by Gasteiger charge is -2.20. The molecule has 6 heteroatoms. The number of halogens is 2. The van der Waals surface area contributed by atoms with E-state index in [1.165, 1.54) is 23.4 Å². The lowest BCUT2D eigenvalue weighted by molar-refractivity contribution is 0.470. The van der Waals surface area contributed by atoms with Gasteiger partial charge in [-0.15, -0.1) is 0 Å². The molecule has 136 valence electrons. The fourth-order valence-electron chi connectivity index (χ4n) is 3.78. The Kier molecular flexibility index (Phi) is 5.08. The molecule has 0 radical (unpaired) electrons. The fraction of sp³-hybridized carbons (Fsp3) is 0.526. The molecule has 0 saturated carbocycles. The normalized spacial score (nSPS) is 18.8. The summed E-state index contributed by atoms with van der Waals surface area (Å²) < 4.78 is 28.4. The topological polar surface area (TPSA) is 33.1 Å². The van der Waals surface area contributed by atoms with E-state index in [4.69, 9.17) is 0 Å².